The average molecular weight is 312 g/mol. The zero-order valence-corrected chi connectivity index (χ0v) is 13.0. The van der Waals surface area contributed by atoms with Crippen LogP contribution in [-0.4, -0.2) is 49.1 Å². The van der Waals surface area contributed by atoms with Crippen LogP contribution in [0.25, 0.3) is 22.6 Å². The molecule has 0 spiro atoms. The van der Waals surface area contributed by atoms with Crippen molar-refractivity contribution in [1.29, 1.82) is 0 Å². The number of H-pyrrole nitrogens is 1. The van der Waals surface area contributed by atoms with Gasteiger partial charge in [-0.2, -0.15) is 0 Å². The number of pyridine rings is 1. The standard InChI is InChI=1S/C15H16N6O2/c1-8(2)21(3)14-10(9-5-4-6-16-7-9)17-11-12(20-14)19-13(18-11)15(22)23/h4-8H,1-3H3,(H,22,23)(H,17,18,19,20). The molecule has 0 unspecified atom stereocenters. The summed E-state index contributed by atoms with van der Waals surface area (Å²) in [4.78, 5) is 32.9. The number of anilines is 1. The Morgan fingerprint density at radius 1 is 1.30 bits per heavy atom. The Balaban J connectivity index is 2.26. The lowest BCUT2D eigenvalue weighted by Crippen LogP contribution is -2.27. The summed E-state index contributed by atoms with van der Waals surface area (Å²) in [5.74, 6) is -0.686. The molecule has 3 aromatic heterocycles. The third-order valence-corrected chi connectivity index (χ3v) is 3.56. The number of fused-ring (bicyclic) bond motifs is 1. The summed E-state index contributed by atoms with van der Waals surface area (Å²) in [5.41, 5.74) is 2.02. The number of rotatable bonds is 4. The van der Waals surface area contributed by atoms with Crippen molar-refractivity contribution in [3.05, 3.63) is 30.4 Å². The van der Waals surface area contributed by atoms with Crippen molar-refractivity contribution in [1.82, 2.24) is 24.9 Å². The normalized spacial score (nSPS) is 11.1. The van der Waals surface area contributed by atoms with Gasteiger partial charge in [0.1, 0.15) is 5.69 Å². The molecule has 118 valence electrons. The van der Waals surface area contributed by atoms with E-state index in [9.17, 15) is 4.79 Å². The van der Waals surface area contributed by atoms with Crippen LogP contribution in [0.1, 0.15) is 24.5 Å². The molecule has 0 aliphatic heterocycles. The molecule has 0 atom stereocenters. The number of nitrogens with zero attached hydrogens (tertiary/aromatic N) is 5. The largest absolute Gasteiger partial charge is 0.475 e. The number of hydrogen-bond acceptors (Lipinski definition) is 6. The zero-order chi connectivity index (χ0) is 16.6. The predicted molar refractivity (Wildman–Crippen MR) is 85.4 cm³/mol. The highest BCUT2D eigenvalue weighted by molar-refractivity contribution is 5.88. The lowest BCUT2D eigenvalue weighted by atomic mass is 10.2. The Morgan fingerprint density at radius 2 is 2.09 bits per heavy atom. The van der Waals surface area contributed by atoms with Gasteiger partial charge in [-0.15, -0.1) is 0 Å². The number of imidazole rings is 1. The third kappa shape index (κ3) is 2.70. The van der Waals surface area contributed by atoms with Crippen molar-refractivity contribution >= 4 is 23.1 Å². The van der Waals surface area contributed by atoms with Gasteiger partial charge in [0.15, 0.2) is 17.1 Å². The molecule has 0 saturated carbocycles. The number of carbonyl (C=O) groups is 1. The lowest BCUT2D eigenvalue weighted by Gasteiger charge is -2.24. The van der Waals surface area contributed by atoms with Gasteiger partial charge in [0, 0.05) is 31.0 Å². The van der Waals surface area contributed by atoms with Gasteiger partial charge < -0.3 is 15.0 Å². The molecule has 0 aromatic carbocycles. The average Bonchev–Trinajstić information content (AvgIpc) is 2.97. The zero-order valence-electron chi connectivity index (χ0n) is 13.0. The van der Waals surface area contributed by atoms with E-state index < -0.39 is 5.97 Å². The van der Waals surface area contributed by atoms with Crippen molar-refractivity contribution < 1.29 is 9.90 Å². The van der Waals surface area contributed by atoms with Gasteiger partial charge in [-0.25, -0.2) is 19.7 Å². The Labute approximate surface area is 132 Å². The van der Waals surface area contributed by atoms with Crippen LogP contribution in [0.4, 0.5) is 5.82 Å². The fourth-order valence-electron chi connectivity index (χ4n) is 2.11. The second kappa shape index (κ2) is 5.64. The van der Waals surface area contributed by atoms with Gasteiger partial charge in [0.2, 0.25) is 5.82 Å². The first-order chi connectivity index (χ1) is 11.0. The van der Waals surface area contributed by atoms with Gasteiger partial charge >= 0.3 is 5.97 Å². The van der Waals surface area contributed by atoms with Crippen molar-refractivity contribution in [2.75, 3.05) is 11.9 Å². The van der Waals surface area contributed by atoms with E-state index in [0.717, 1.165) is 5.56 Å². The molecule has 3 aromatic rings. The molecule has 0 bridgehead atoms. The van der Waals surface area contributed by atoms with E-state index in [1.54, 1.807) is 12.4 Å². The first kappa shape index (κ1) is 14.9. The number of aromatic nitrogens is 5. The van der Waals surface area contributed by atoms with Crippen LogP contribution in [0.5, 0.6) is 0 Å². The minimum Gasteiger partial charge on any atom is -0.475 e. The van der Waals surface area contributed by atoms with Gasteiger partial charge in [0.25, 0.3) is 0 Å². The van der Waals surface area contributed by atoms with Crippen LogP contribution in [-0.2, 0) is 0 Å². The first-order valence-corrected chi connectivity index (χ1v) is 7.11. The number of aromatic amines is 1. The van der Waals surface area contributed by atoms with Crippen LogP contribution < -0.4 is 4.90 Å². The van der Waals surface area contributed by atoms with E-state index in [2.05, 4.69) is 24.9 Å². The highest BCUT2D eigenvalue weighted by Crippen LogP contribution is 2.28. The van der Waals surface area contributed by atoms with Crippen LogP contribution in [0.3, 0.4) is 0 Å². The summed E-state index contributed by atoms with van der Waals surface area (Å²) in [6.45, 7) is 4.07. The van der Waals surface area contributed by atoms with Gasteiger partial charge in [-0.05, 0) is 26.0 Å². The molecule has 0 fully saturated rings. The van der Waals surface area contributed by atoms with E-state index in [4.69, 9.17) is 5.11 Å². The Bertz CT molecular complexity index is 859. The molecular formula is C15H16N6O2. The third-order valence-electron chi connectivity index (χ3n) is 3.56. The monoisotopic (exact) mass is 312 g/mol. The minimum atomic E-state index is -1.15. The summed E-state index contributed by atoms with van der Waals surface area (Å²) < 4.78 is 0. The maximum absolute atomic E-state index is 11.1. The van der Waals surface area contributed by atoms with Crippen LogP contribution in [0, 0.1) is 0 Å². The number of nitrogens with one attached hydrogen (secondary N) is 1. The minimum absolute atomic E-state index is 0.179. The van der Waals surface area contributed by atoms with Gasteiger partial charge in [0.05, 0.1) is 0 Å². The van der Waals surface area contributed by atoms with E-state index in [1.807, 2.05) is 37.9 Å². The number of carboxylic acids is 1. The van der Waals surface area contributed by atoms with Crippen LogP contribution >= 0.6 is 0 Å². The highest BCUT2D eigenvalue weighted by Gasteiger charge is 2.20. The van der Waals surface area contributed by atoms with E-state index >= 15 is 0 Å². The molecule has 8 heteroatoms. The van der Waals surface area contributed by atoms with E-state index in [-0.39, 0.29) is 17.5 Å². The fraction of sp³-hybridized carbons (Fsp3) is 0.267. The fourth-order valence-corrected chi connectivity index (χ4v) is 2.11. The Morgan fingerprint density at radius 3 is 2.70 bits per heavy atom. The highest BCUT2D eigenvalue weighted by atomic mass is 16.4. The van der Waals surface area contributed by atoms with Crippen molar-refractivity contribution in [3.63, 3.8) is 0 Å². The number of aromatic carboxylic acids is 1. The SMILES string of the molecule is CC(C)N(C)c1nc2[nH]c(C(=O)O)nc2nc1-c1cccnc1. The molecule has 23 heavy (non-hydrogen) atoms. The molecule has 0 amide bonds. The molecule has 0 saturated heterocycles. The molecule has 0 aliphatic rings. The quantitative estimate of drug-likeness (QED) is 0.758. The molecule has 2 N–H and O–H groups in total. The summed E-state index contributed by atoms with van der Waals surface area (Å²) in [7, 11) is 1.91. The van der Waals surface area contributed by atoms with Gasteiger partial charge in [-0.3, -0.25) is 4.98 Å². The molecular weight excluding hydrogens is 296 g/mol. The molecule has 3 rings (SSSR count). The van der Waals surface area contributed by atoms with Crippen molar-refractivity contribution in [2.45, 2.75) is 19.9 Å². The summed E-state index contributed by atoms with van der Waals surface area (Å²) >= 11 is 0. The second-order valence-electron chi connectivity index (χ2n) is 5.40. The maximum atomic E-state index is 11.1. The number of hydrogen-bond donors (Lipinski definition) is 2. The summed E-state index contributed by atoms with van der Waals surface area (Å²) in [5, 5.41) is 9.07. The molecule has 0 radical (unpaired) electrons. The Kier molecular flexibility index (Phi) is 3.65. The van der Waals surface area contributed by atoms with E-state index in [1.165, 1.54) is 0 Å². The van der Waals surface area contributed by atoms with Crippen LogP contribution in [0.15, 0.2) is 24.5 Å². The maximum Gasteiger partial charge on any atom is 0.372 e. The van der Waals surface area contributed by atoms with Crippen molar-refractivity contribution in [3.8, 4) is 11.3 Å². The first-order valence-electron chi connectivity index (χ1n) is 7.11. The van der Waals surface area contributed by atoms with Gasteiger partial charge in [-0.1, -0.05) is 0 Å². The topological polar surface area (TPSA) is 108 Å². The summed E-state index contributed by atoms with van der Waals surface area (Å²) in [6, 6.07) is 3.89. The lowest BCUT2D eigenvalue weighted by molar-refractivity contribution is 0.0685. The second-order valence-corrected chi connectivity index (χ2v) is 5.40. The van der Waals surface area contributed by atoms with Crippen LogP contribution in [0.2, 0.25) is 0 Å². The molecule has 0 aliphatic carbocycles. The smallest absolute Gasteiger partial charge is 0.372 e. The molecule has 8 nitrogen and oxygen atoms in total. The molecule has 3 heterocycles. The Hall–Kier alpha value is -3.03. The number of carboxylic acid groups (broad SMARTS) is 1. The summed E-state index contributed by atoms with van der Waals surface area (Å²) in [6.07, 6.45) is 3.37. The predicted octanol–water partition coefficient (Wildman–Crippen LogP) is 1.96. The van der Waals surface area contributed by atoms with Crippen molar-refractivity contribution in [2.24, 2.45) is 0 Å². The van der Waals surface area contributed by atoms with E-state index in [0.29, 0.717) is 17.2 Å².